The third kappa shape index (κ3) is 5.10. The van der Waals surface area contributed by atoms with E-state index in [-0.39, 0.29) is 6.03 Å². The van der Waals surface area contributed by atoms with Crippen molar-refractivity contribution in [1.82, 2.24) is 5.32 Å². The summed E-state index contributed by atoms with van der Waals surface area (Å²) in [7, 11) is 1.60. The Balaban J connectivity index is 0.000000677. The van der Waals surface area contributed by atoms with Crippen molar-refractivity contribution in [2.24, 2.45) is 0 Å². The first-order valence-electron chi connectivity index (χ1n) is 6.67. The summed E-state index contributed by atoms with van der Waals surface area (Å²) in [6.07, 6.45) is 0.750. The van der Waals surface area contributed by atoms with Crippen LogP contribution in [0.1, 0.15) is 12.5 Å². The highest BCUT2D eigenvalue weighted by Gasteiger charge is 2.06. The van der Waals surface area contributed by atoms with E-state index in [0.717, 1.165) is 23.1 Å². The van der Waals surface area contributed by atoms with Crippen LogP contribution < -0.4 is 10.6 Å². The van der Waals surface area contributed by atoms with Crippen LogP contribution in [-0.4, -0.2) is 19.4 Å². The molecule has 0 saturated heterocycles. The standard InChI is InChI=1S/C15H16N2O.C2H4O/c1-11-7-9-12(10-8-11)13-5-3-4-6-14(13)17-15(18)16-2;1-2-3/h3-10H,1-2H3,(H2,16,17,18);2H,1H3. The highest BCUT2D eigenvalue weighted by molar-refractivity contribution is 5.94. The molecule has 0 atom stereocenters. The lowest BCUT2D eigenvalue weighted by Crippen LogP contribution is -2.24. The van der Waals surface area contributed by atoms with Crippen molar-refractivity contribution in [2.45, 2.75) is 13.8 Å². The Bertz CT molecular complexity index is 592. The molecule has 4 heteroatoms. The number of carbonyl (C=O) groups is 2. The first kappa shape index (κ1) is 16.4. The topological polar surface area (TPSA) is 58.2 Å². The number of urea groups is 1. The lowest BCUT2D eigenvalue weighted by atomic mass is 10.0. The molecule has 2 N–H and O–H groups in total. The molecule has 0 bridgehead atoms. The van der Waals surface area contributed by atoms with Gasteiger partial charge in [0, 0.05) is 12.6 Å². The van der Waals surface area contributed by atoms with Gasteiger partial charge in [0.05, 0.1) is 5.69 Å². The van der Waals surface area contributed by atoms with Crippen molar-refractivity contribution in [3.8, 4) is 11.1 Å². The summed E-state index contributed by atoms with van der Waals surface area (Å²) in [5.74, 6) is 0. The molecule has 21 heavy (non-hydrogen) atoms. The summed E-state index contributed by atoms with van der Waals surface area (Å²) < 4.78 is 0. The summed E-state index contributed by atoms with van der Waals surface area (Å²) >= 11 is 0. The van der Waals surface area contributed by atoms with Crippen molar-refractivity contribution in [3.63, 3.8) is 0 Å². The molecular formula is C17H20N2O2. The minimum Gasteiger partial charge on any atom is -0.341 e. The van der Waals surface area contributed by atoms with Crippen molar-refractivity contribution in [3.05, 3.63) is 54.1 Å². The van der Waals surface area contributed by atoms with E-state index in [1.807, 2.05) is 24.3 Å². The van der Waals surface area contributed by atoms with E-state index in [0.29, 0.717) is 0 Å². The molecule has 2 aromatic carbocycles. The zero-order chi connectivity index (χ0) is 15.7. The van der Waals surface area contributed by atoms with Crippen LogP contribution in [0.5, 0.6) is 0 Å². The maximum atomic E-state index is 11.4. The SMILES string of the molecule is CC=O.CNC(=O)Nc1ccccc1-c1ccc(C)cc1. The molecule has 2 aromatic rings. The number of carbonyl (C=O) groups excluding carboxylic acids is 2. The number of aryl methyl sites for hydroxylation is 1. The molecule has 0 unspecified atom stereocenters. The second kappa shape index (κ2) is 8.53. The Labute approximate surface area is 125 Å². The fourth-order valence-corrected chi connectivity index (χ4v) is 1.76. The molecule has 0 aliphatic heterocycles. The van der Waals surface area contributed by atoms with Crippen LogP contribution in [0, 0.1) is 6.92 Å². The number of nitrogens with one attached hydrogen (secondary N) is 2. The van der Waals surface area contributed by atoms with Gasteiger partial charge >= 0.3 is 6.03 Å². The number of amides is 2. The zero-order valence-corrected chi connectivity index (χ0v) is 12.5. The molecule has 110 valence electrons. The average molecular weight is 284 g/mol. The Morgan fingerprint density at radius 2 is 1.62 bits per heavy atom. The van der Waals surface area contributed by atoms with E-state index in [2.05, 4.69) is 41.8 Å². The smallest absolute Gasteiger partial charge is 0.318 e. The lowest BCUT2D eigenvalue weighted by Gasteiger charge is -2.11. The highest BCUT2D eigenvalue weighted by atomic mass is 16.2. The van der Waals surface area contributed by atoms with Gasteiger partial charge in [-0.05, 0) is 25.5 Å². The van der Waals surface area contributed by atoms with Gasteiger partial charge in [0.15, 0.2) is 0 Å². The summed E-state index contributed by atoms with van der Waals surface area (Å²) in [5.41, 5.74) is 4.13. The van der Waals surface area contributed by atoms with Gasteiger partial charge in [0.2, 0.25) is 0 Å². The lowest BCUT2D eigenvalue weighted by molar-refractivity contribution is -0.106. The molecule has 4 nitrogen and oxygen atoms in total. The quantitative estimate of drug-likeness (QED) is 0.827. The second-order valence-electron chi connectivity index (χ2n) is 4.35. The monoisotopic (exact) mass is 284 g/mol. The third-order valence-corrected chi connectivity index (χ3v) is 2.76. The maximum absolute atomic E-state index is 11.4. The molecule has 0 saturated carbocycles. The molecule has 0 aliphatic rings. The fourth-order valence-electron chi connectivity index (χ4n) is 1.76. The number of anilines is 1. The van der Waals surface area contributed by atoms with Crippen LogP contribution in [0.4, 0.5) is 10.5 Å². The molecule has 0 heterocycles. The number of hydrogen-bond donors (Lipinski definition) is 2. The van der Waals surface area contributed by atoms with Gasteiger partial charge in [-0.3, -0.25) is 0 Å². The Morgan fingerprint density at radius 3 is 2.19 bits per heavy atom. The number of para-hydroxylation sites is 1. The van der Waals surface area contributed by atoms with E-state index in [1.54, 1.807) is 7.05 Å². The van der Waals surface area contributed by atoms with Crippen LogP contribution >= 0.6 is 0 Å². The molecule has 0 fully saturated rings. The molecule has 0 aliphatic carbocycles. The van der Waals surface area contributed by atoms with Gasteiger partial charge in [-0.25, -0.2) is 4.79 Å². The van der Waals surface area contributed by atoms with Crippen LogP contribution in [0.3, 0.4) is 0 Å². The van der Waals surface area contributed by atoms with E-state index < -0.39 is 0 Å². The number of benzene rings is 2. The normalized spacial score (nSPS) is 9.10. The summed E-state index contributed by atoms with van der Waals surface area (Å²) in [4.78, 5) is 20.2. The van der Waals surface area contributed by atoms with Gasteiger partial charge in [-0.2, -0.15) is 0 Å². The van der Waals surface area contributed by atoms with Gasteiger partial charge in [-0.1, -0.05) is 48.0 Å². The Kier molecular flexibility index (Phi) is 6.68. The molecule has 0 radical (unpaired) electrons. The minimum atomic E-state index is -0.213. The largest absolute Gasteiger partial charge is 0.341 e. The first-order chi connectivity index (χ1) is 10.1. The number of hydrogen-bond acceptors (Lipinski definition) is 2. The molecule has 0 aromatic heterocycles. The molecule has 2 rings (SSSR count). The van der Waals surface area contributed by atoms with Crippen molar-refractivity contribution in [2.75, 3.05) is 12.4 Å². The first-order valence-corrected chi connectivity index (χ1v) is 6.67. The minimum absolute atomic E-state index is 0.213. The van der Waals surface area contributed by atoms with E-state index in [1.165, 1.54) is 12.5 Å². The number of aldehydes is 1. The van der Waals surface area contributed by atoms with Gasteiger partial charge in [0.1, 0.15) is 6.29 Å². The van der Waals surface area contributed by atoms with E-state index in [4.69, 9.17) is 4.79 Å². The van der Waals surface area contributed by atoms with Gasteiger partial charge in [-0.15, -0.1) is 0 Å². The van der Waals surface area contributed by atoms with Crippen molar-refractivity contribution >= 4 is 18.0 Å². The Morgan fingerprint density at radius 1 is 1.05 bits per heavy atom. The summed E-state index contributed by atoms with van der Waals surface area (Å²) in [5, 5.41) is 5.37. The molecule has 2 amide bonds. The summed E-state index contributed by atoms with van der Waals surface area (Å²) in [6, 6.07) is 15.8. The van der Waals surface area contributed by atoms with Crippen LogP contribution in [0.25, 0.3) is 11.1 Å². The second-order valence-corrected chi connectivity index (χ2v) is 4.35. The van der Waals surface area contributed by atoms with Crippen LogP contribution in [0.15, 0.2) is 48.5 Å². The Hall–Kier alpha value is -2.62. The van der Waals surface area contributed by atoms with Gasteiger partial charge in [0.25, 0.3) is 0 Å². The highest BCUT2D eigenvalue weighted by Crippen LogP contribution is 2.27. The molecular weight excluding hydrogens is 264 g/mol. The zero-order valence-electron chi connectivity index (χ0n) is 12.5. The predicted octanol–water partition coefficient (Wildman–Crippen LogP) is 3.62. The van der Waals surface area contributed by atoms with Crippen molar-refractivity contribution < 1.29 is 9.59 Å². The predicted molar refractivity (Wildman–Crippen MR) is 86.4 cm³/mol. The van der Waals surface area contributed by atoms with Crippen LogP contribution in [0.2, 0.25) is 0 Å². The summed E-state index contributed by atoms with van der Waals surface area (Å²) in [6.45, 7) is 3.50. The van der Waals surface area contributed by atoms with E-state index in [9.17, 15) is 4.79 Å². The van der Waals surface area contributed by atoms with Crippen LogP contribution in [-0.2, 0) is 4.79 Å². The number of rotatable bonds is 2. The van der Waals surface area contributed by atoms with E-state index >= 15 is 0 Å². The average Bonchev–Trinajstić information content (AvgIpc) is 2.49. The maximum Gasteiger partial charge on any atom is 0.318 e. The van der Waals surface area contributed by atoms with Crippen molar-refractivity contribution in [1.29, 1.82) is 0 Å². The molecule has 0 spiro atoms. The van der Waals surface area contributed by atoms with Gasteiger partial charge < -0.3 is 15.4 Å². The fraction of sp³-hybridized carbons (Fsp3) is 0.176. The third-order valence-electron chi connectivity index (χ3n) is 2.76.